The van der Waals surface area contributed by atoms with Crippen molar-refractivity contribution in [3.63, 3.8) is 0 Å². The quantitative estimate of drug-likeness (QED) is 0.802. The fourth-order valence-electron chi connectivity index (χ4n) is 3.36. The maximum Gasteiger partial charge on any atom is 0.0587 e. The molecule has 2 atom stereocenters. The Bertz CT molecular complexity index is 446. The Morgan fingerprint density at radius 1 is 1.24 bits per heavy atom. The van der Waals surface area contributed by atoms with Gasteiger partial charge in [-0.25, -0.2) is 0 Å². The molecule has 1 aliphatic rings. The van der Waals surface area contributed by atoms with E-state index >= 15 is 0 Å². The predicted molar refractivity (Wildman–Crippen MR) is 90.0 cm³/mol. The van der Waals surface area contributed by atoms with Gasteiger partial charge in [-0.2, -0.15) is 0 Å². The van der Waals surface area contributed by atoms with Gasteiger partial charge in [0, 0.05) is 25.6 Å². The number of benzene rings is 1. The van der Waals surface area contributed by atoms with Crippen LogP contribution in [0.1, 0.15) is 51.7 Å². The normalized spacial score (nSPS) is 25.7. The van der Waals surface area contributed by atoms with Crippen molar-refractivity contribution in [3.05, 3.63) is 35.4 Å². The van der Waals surface area contributed by atoms with Crippen LogP contribution in [0.2, 0.25) is 0 Å². The standard InChI is InChI=1S/C19H31NO/c1-15-10-11-19(15,14-20-12-13-21-5)17-8-6-16(7-9-17)18(2,3)4/h6-9,15,20H,10-14H2,1-5H3. The molecule has 2 unspecified atom stereocenters. The summed E-state index contributed by atoms with van der Waals surface area (Å²) >= 11 is 0. The molecule has 1 fully saturated rings. The number of ether oxygens (including phenoxy) is 1. The van der Waals surface area contributed by atoms with Crippen LogP contribution in [0, 0.1) is 5.92 Å². The van der Waals surface area contributed by atoms with E-state index in [0.29, 0.717) is 5.41 Å². The van der Waals surface area contributed by atoms with Crippen LogP contribution in [0.3, 0.4) is 0 Å². The number of methoxy groups -OCH3 is 1. The van der Waals surface area contributed by atoms with Gasteiger partial charge in [0.25, 0.3) is 0 Å². The summed E-state index contributed by atoms with van der Waals surface area (Å²) in [6, 6.07) is 9.34. The van der Waals surface area contributed by atoms with Crippen LogP contribution in [0.25, 0.3) is 0 Å². The summed E-state index contributed by atoms with van der Waals surface area (Å²) in [5.41, 5.74) is 3.47. The molecule has 2 rings (SSSR count). The molecule has 0 saturated heterocycles. The minimum absolute atomic E-state index is 0.230. The lowest BCUT2D eigenvalue weighted by Crippen LogP contribution is -2.50. The second-order valence-corrected chi connectivity index (χ2v) is 7.59. The zero-order valence-corrected chi connectivity index (χ0v) is 14.3. The SMILES string of the molecule is COCCNCC1(c2ccc(C(C)(C)C)cc2)CCC1C. The fraction of sp³-hybridized carbons (Fsp3) is 0.684. The Morgan fingerprint density at radius 2 is 1.90 bits per heavy atom. The van der Waals surface area contributed by atoms with Crippen molar-refractivity contribution in [3.8, 4) is 0 Å². The lowest BCUT2D eigenvalue weighted by Gasteiger charge is -2.49. The van der Waals surface area contributed by atoms with Gasteiger partial charge in [0.2, 0.25) is 0 Å². The smallest absolute Gasteiger partial charge is 0.0587 e. The topological polar surface area (TPSA) is 21.3 Å². The molecule has 0 bridgehead atoms. The third kappa shape index (κ3) is 3.49. The van der Waals surface area contributed by atoms with Crippen LogP contribution in [0.15, 0.2) is 24.3 Å². The Balaban J connectivity index is 2.11. The zero-order chi connectivity index (χ0) is 15.5. The van der Waals surface area contributed by atoms with Gasteiger partial charge < -0.3 is 10.1 Å². The van der Waals surface area contributed by atoms with Crippen LogP contribution in [-0.4, -0.2) is 26.8 Å². The molecule has 1 aliphatic carbocycles. The van der Waals surface area contributed by atoms with E-state index in [1.54, 1.807) is 7.11 Å². The monoisotopic (exact) mass is 289 g/mol. The van der Waals surface area contributed by atoms with Crippen LogP contribution in [-0.2, 0) is 15.6 Å². The third-order valence-corrected chi connectivity index (χ3v) is 5.22. The van der Waals surface area contributed by atoms with Gasteiger partial charge >= 0.3 is 0 Å². The summed E-state index contributed by atoms with van der Waals surface area (Å²) in [5, 5.41) is 3.58. The number of nitrogens with one attached hydrogen (secondary N) is 1. The summed E-state index contributed by atoms with van der Waals surface area (Å²) in [6.07, 6.45) is 2.63. The van der Waals surface area contributed by atoms with Gasteiger partial charge in [0.15, 0.2) is 0 Å². The molecule has 0 spiro atoms. The Morgan fingerprint density at radius 3 is 2.33 bits per heavy atom. The van der Waals surface area contributed by atoms with Gasteiger partial charge in [-0.05, 0) is 35.3 Å². The van der Waals surface area contributed by atoms with Crippen molar-refractivity contribution in [2.45, 2.75) is 51.4 Å². The maximum absolute atomic E-state index is 5.13. The molecule has 21 heavy (non-hydrogen) atoms. The van der Waals surface area contributed by atoms with E-state index in [1.165, 1.54) is 24.0 Å². The predicted octanol–water partition coefficient (Wildman–Crippen LogP) is 3.89. The molecule has 0 heterocycles. The maximum atomic E-state index is 5.13. The number of hydrogen-bond acceptors (Lipinski definition) is 2. The van der Waals surface area contributed by atoms with Gasteiger partial charge in [-0.1, -0.05) is 52.0 Å². The van der Waals surface area contributed by atoms with Gasteiger partial charge in [0.05, 0.1) is 6.61 Å². The van der Waals surface area contributed by atoms with Crippen LogP contribution < -0.4 is 5.32 Å². The van der Waals surface area contributed by atoms with Crippen molar-refractivity contribution in [1.82, 2.24) is 5.32 Å². The molecule has 0 aromatic heterocycles. The molecule has 0 amide bonds. The second kappa shape index (κ2) is 6.50. The molecule has 1 N–H and O–H groups in total. The van der Waals surface area contributed by atoms with Gasteiger partial charge in [-0.3, -0.25) is 0 Å². The van der Waals surface area contributed by atoms with Crippen molar-refractivity contribution < 1.29 is 4.74 Å². The van der Waals surface area contributed by atoms with Gasteiger partial charge in [0.1, 0.15) is 0 Å². The van der Waals surface area contributed by atoms with Crippen molar-refractivity contribution in [2.24, 2.45) is 5.92 Å². The van der Waals surface area contributed by atoms with E-state index < -0.39 is 0 Å². The highest BCUT2D eigenvalue weighted by molar-refractivity contribution is 5.35. The molecule has 2 heteroatoms. The van der Waals surface area contributed by atoms with Crippen LogP contribution >= 0.6 is 0 Å². The lowest BCUT2D eigenvalue weighted by atomic mass is 9.57. The molecular formula is C19H31NO. The molecule has 118 valence electrons. The molecule has 1 saturated carbocycles. The van der Waals surface area contributed by atoms with Crippen molar-refractivity contribution >= 4 is 0 Å². The Kier molecular flexibility index (Phi) is 5.11. The van der Waals surface area contributed by atoms with E-state index in [9.17, 15) is 0 Å². The summed E-state index contributed by atoms with van der Waals surface area (Å²) < 4.78 is 5.13. The first-order valence-electron chi connectivity index (χ1n) is 8.21. The molecule has 2 nitrogen and oxygen atoms in total. The first-order valence-corrected chi connectivity index (χ1v) is 8.21. The number of rotatable bonds is 6. The molecule has 1 aromatic carbocycles. The van der Waals surface area contributed by atoms with E-state index in [1.807, 2.05) is 0 Å². The highest BCUT2D eigenvalue weighted by Crippen LogP contribution is 2.48. The van der Waals surface area contributed by atoms with E-state index in [-0.39, 0.29) is 5.41 Å². The molecule has 1 aromatic rings. The average Bonchev–Trinajstić information content (AvgIpc) is 2.45. The Hall–Kier alpha value is -0.860. The molecule has 0 radical (unpaired) electrons. The number of hydrogen-bond donors (Lipinski definition) is 1. The molecule has 0 aliphatic heterocycles. The third-order valence-electron chi connectivity index (χ3n) is 5.22. The fourth-order valence-corrected chi connectivity index (χ4v) is 3.36. The first-order chi connectivity index (χ1) is 9.90. The van der Waals surface area contributed by atoms with Crippen LogP contribution in [0.5, 0.6) is 0 Å². The van der Waals surface area contributed by atoms with Crippen molar-refractivity contribution in [1.29, 1.82) is 0 Å². The zero-order valence-electron chi connectivity index (χ0n) is 14.3. The average molecular weight is 289 g/mol. The summed E-state index contributed by atoms with van der Waals surface area (Å²) in [5.74, 6) is 0.757. The van der Waals surface area contributed by atoms with Crippen molar-refractivity contribution in [2.75, 3.05) is 26.8 Å². The Labute approximate surface area is 130 Å². The summed E-state index contributed by atoms with van der Waals surface area (Å²) in [4.78, 5) is 0. The van der Waals surface area contributed by atoms with Gasteiger partial charge in [-0.15, -0.1) is 0 Å². The first kappa shape index (κ1) is 16.5. The second-order valence-electron chi connectivity index (χ2n) is 7.59. The lowest BCUT2D eigenvalue weighted by molar-refractivity contribution is 0.127. The minimum Gasteiger partial charge on any atom is -0.383 e. The van der Waals surface area contributed by atoms with E-state index in [2.05, 4.69) is 57.3 Å². The summed E-state index contributed by atoms with van der Waals surface area (Å²) in [7, 11) is 1.76. The molecular weight excluding hydrogens is 258 g/mol. The minimum atomic E-state index is 0.230. The summed E-state index contributed by atoms with van der Waals surface area (Å²) in [6.45, 7) is 12.0. The highest BCUT2D eigenvalue weighted by Gasteiger charge is 2.44. The van der Waals surface area contributed by atoms with E-state index in [0.717, 1.165) is 25.6 Å². The van der Waals surface area contributed by atoms with Crippen LogP contribution in [0.4, 0.5) is 0 Å². The highest BCUT2D eigenvalue weighted by atomic mass is 16.5. The largest absolute Gasteiger partial charge is 0.383 e. The van der Waals surface area contributed by atoms with E-state index in [4.69, 9.17) is 4.74 Å².